The molecular formula is C19H22FN3O. The number of carbonyl (C=O) groups excluding carboxylic acids is 1. The van der Waals surface area contributed by atoms with Gasteiger partial charge in [-0.15, -0.1) is 0 Å². The first-order valence-electron chi connectivity index (χ1n) is 8.22. The average Bonchev–Trinajstić information content (AvgIpc) is 3.44. The lowest BCUT2D eigenvalue weighted by Crippen LogP contribution is -2.32. The lowest BCUT2D eigenvalue weighted by Gasteiger charge is -2.23. The first-order valence-corrected chi connectivity index (χ1v) is 8.22. The van der Waals surface area contributed by atoms with Crippen LogP contribution in [0.25, 0.3) is 0 Å². The van der Waals surface area contributed by atoms with Crippen LogP contribution in [0.2, 0.25) is 0 Å². The Morgan fingerprint density at radius 3 is 2.29 bits per heavy atom. The largest absolute Gasteiger partial charge is 0.331 e. The van der Waals surface area contributed by atoms with E-state index in [1.54, 1.807) is 12.1 Å². The molecule has 0 spiro atoms. The van der Waals surface area contributed by atoms with Gasteiger partial charge in [0.2, 0.25) is 0 Å². The molecule has 1 fully saturated rings. The summed E-state index contributed by atoms with van der Waals surface area (Å²) < 4.78 is 13.1. The molecule has 0 saturated heterocycles. The number of amides is 1. The number of carbonyl (C=O) groups is 1. The Kier molecular flexibility index (Phi) is 5.23. The van der Waals surface area contributed by atoms with Crippen molar-refractivity contribution in [2.45, 2.75) is 32.0 Å². The molecule has 4 nitrogen and oxygen atoms in total. The Morgan fingerprint density at radius 1 is 1.08 bits per heavy atom. The number of benzene rings is 2. The second kappa shape index (κ2) is 7.55. The monoisotopic (exact) mass is 327 g/mol. The first kappa shape index (κ1) is 16.6. The van der Waals surface area contributed by atoms with E-state index in [1.165, 1.54) is 12.1 Å². The predicted molar refractivity (Wildman–Crippen MR) is 91.6 cm³/mol. The fourth-order valence-electron chi connectivity index (χ4n) is 2.69. The zero-order valence-electron chi connectivity index (χ0n) is 13.5. The summed E-state index contributed by atoms with van der Waals surface area (Å²) in [7, 11) is 0. The Balaban J connectivity index is 1.71. The minimum Gasteiger partial charge on any atom is -0.331 e. The average molecular weight is 327 g/mol. The van der Waals surface area contributed by atoms with Crippen molar-refractivity contribution in [2.24, 2.45) is 5.73 Å². The number of hydrogen-bond donors (Lipinski definition) is 2. The van der Waals surface area contributed by atoms with Crippen LogP contribution in [0.3, 0.4) is 0 Å². The Hall–Kier alpha value is -2.24. The molecule has 1 amide bonds. The van der Waals surface area contributed by atoms with E-state index in [2.05, 4.69) is 5.32 Å². The number of nitrogens with two attached hydrogens (primary N) is 1. The molecule has 1 aliphatic rings. The number of nitrogens with zero attached hydrogens (tertiary/aromatic N) is 1. The number of rotatable bonds is 7. The molecule has 0 bridgehead atoms. The molecule has 24 heavy (non-hydrogen) atoms. The molecule has 0 aliphatic heterocycles. The summed E-state index contributed by atoms with van der Waals surface area (Å²) in [5.41, 5.74) is 8.14. The fourth-order valence-corrected chi connectivity index (χ4v) is 2.69. The number of hydrogen-bond acceptors (Lipinski definition) is 3. The third-order valence-electron chi connectivity index (χ3n) is 4.19. The molecule has 3 N–H and O–H groups in total. The molecule has 3 rings (SSSR count). The highest BCUT2D eigenvalue weighted by Gasteiger charge is 2.33. The van der Waals surface area contributed by atoms with Gasteiger partial charge >= 0.3 is 0 Å². The van der Waals surface area contributed by atoms with Crippen LogP contribution >= 0.6 is 0 Å². The van der Waals surface area contributed by atoms with Gasteiger partial charge in [-0.2, -0.15) is 0 Å². The second-order valence-corrected chi connectivity index (χ2v) is 6.12. The second-order valence-electron chi connectivity index (χ2n) is 6.12. The van der Waals surface area contributed by atoms with Crippen molar-refractivity contribution in [1.29, 1.82) is 0 Å². The van der Waals surface area contributed by atoms with Gasteiger partial charge in [-0.05, 0) is 48.2 Å². The molecule has 0 aromatic heterocycles. The van der Waals surface area contributed by atoms with Crippen LogP contribution in [0.5, 0.6) is 0 Å². The zero-order chi connectivity index (χ0) is 16.9. The highest BCUT2D eigenvalue weighted by Crippen LogP contribution is 2.30. The van der Waals surface area contributed by atoms with Crippen LogP contribution in [-0.4, -0.2) is 23.5 Å². The molecular weight excluding hydrogens is 305 g/mol. The third kappa shape index (κ3) is 4.19. The van der Waals surface area contributed by atoms with Crippen molar-refractivity contribution in [2.75, 3.05) is 6.67 Å². The quantitative estimate of drug-likeness (QED) is 0.769. The van der Waals surface area contributed by atoms with Crippen LogP contribution in [0.4, 0.5) is 4.39 Å². The van der Waals surface area contributed by atoms with E-state index in [0.717, 1.165) is 24.0 Å². The van der Waals surface area contributed by atoms with Gasteiger partial charge in [-0.3, -0.25) is 4.79 Å². The molecule has 1 saturated carbocycles. The van der Waals surface area contributed by atoms with Gasteiger partial charge in [0.05, 0.1) is 0 Å². The molecule has 0 heterocycles. The van der Waals surface area contributed by atoms with E-state index in [1.807, 2.05) is 29.2 Å². The summed E-state index contributed by atoms with van der Waals surface area (Å²) in [6, 6.07) is 14.2. The van der Waals surface area contributed by atoms with Gasteiger partial charge in [-0.1, -0.05) is 24.3 Å². The van der Waals surface area contributed by atoms with Gasteiger partial charge in [0, 0.05) is 31.4 Å². The van der Waals surface area contributed by atoms with Crippen molar-refractivity contribution in [3.63, 3.8) is 0 Å². The highest BCUT2D eigenvalue weighted by atomic mass is 19.1. The van der Waals surface area contributed by atoms with Crippen molar-refractivity contribution < 1.29 is 9.18 Å². The zero-order valence-corrected chi connectivity index (χ0v) is 13.5. The topological polar surface area (TPSA) is 58.4 Å². The normalized spacial score (nSPS) is 13.8. The molecule has 0 unspecified atom stereocenters. The van der Waals surface area contributed by atoms with Gasteiger partial charge in [0.25, 0.3) is 5.91 Å². The molecule has 2 aromatic rings. The van der Waals surface area contributed by atoms with Crippen molar-refractivity contribution in [1.82, 2.24) is 10.2 Å². The fraction of sp³-hybridized carbons (Fsp3) is 0.316. The number of halogens is 1. The third-order valence-corrected chi connectivity index (χ3v) is 4.19. The van der Waals surface area contributed by atoms with Crippen LogP contribution in [0.15, 0.2) is 48.5 Å². The van der Waals surface area contributed by atoms with Crippen LogP contribution in [-0.2, 0) is 13.1 Å². The lowest BCUT2D eigenvalue weighted by atomic mass is 10.1. The Labute approximate surface area is 141 Å². The lowest BCUT2D eigenvalue weighted by molar-refractivity contribution is 0.0730. The summed E-state index contributed by atoms with van der Waals surface area (Å²) in [6.45, 7) is 1.63. The highest BCUT2D eigenvalue weighted by molar-refractivity contribution is 5.94. The van der Waals surface area contributed by atoms with E-state index in [0.29, 0.717) is 31.4 Å². The van der Waals surface area contributed by atoms with Crippen LogP contribution < -0.4 is 11.1 Å². The summed E-state index contributed by atoms with van der Waals surface area (Å²) in [6.07, 6.45) is 2.07. The molecule has 0 radical (unpaired) electrons. The van der Waals surface area contributed by atoms with Gasteiger partial charge in [-0.25, -0.2) is 4.39 Å². The maximum absolute atomic E-state index is 13.1. The maximum Gasteiger partial charge on any atom is 0.254 e. The Bertz CT molecular complexity index is 681. The summed E-state index contributed by atoms with van der Waals surface area (Å²) in [4.78, 5) is 14.7. The van der Waals surface area contributed by atoms with Crippen LogP contribution in [0, 0.1) is 5.82 Å². The van der Waals surface area contributed by atoms with E-state index in [9.17, 15) is 9.18 Å². The van der Waals surface area contributed by atoms with Gasteiger partial charge in [0.15, 0.2) is 0 Å². The smallest absolute Gasteiger partial charge is 0.254 e. The standard InChI is InChI=1S/C19H22FN3O/c20-17-7-3-15(4-8-17)12-23(18-9-10-18)19(24)16-5-1-14(2-6-16)11-22-13-21/h1-8,18,22H,9-13,21H2. The maximum atomic E-state index is 13.1. The summed E-state index contributed by atoms with van der Waals surface area (Å²) in [5.74, 6) is -0.232. The molecule has 5 heteroatoms. The summed E-state index contributed by atoms with van der Waals surface area (Å²) in [5, 5.41) is 3.05. The first-order chi connectivity index (χ1) is 11.7. The molecule has 1 aliphatic carbocycles. The van der Waals surface area contributed by atoms with Crippen LogP contribution in [0.1, 0.15) is 34.3 Å². The number of nitrogens with one attached hydrogen (secondary N) is 1. The molecule has 0 atom stereocenters. The SMILES string of the molecule is NCNCc1ccc(C(=O)N(Cc2ccc(F)cc2)C2CC2)cc1. The van der Waals surface area contributed by atoms with E-state index in [4.69, 9.17) is 5.73 Å². The van der Waals surface area contributed by atoms with Crippen molar-refractivity contribution in [3.8, 4) is 0 Å². The summed E-state index contributed by atoms with van der Waals surface area (Å²) >= 11 is 0. The van der Waals surface area contributed by atoms with Gasteiger partial charge < -0.3 is 16.0 Å². The van der Waals surface area contributed by atoms with E-state index >= 15 is 0 Å². The molecule has 2 aromatic carbocycles. The van der Waals surface area contributed by atoms with E-state index in [-0.39, 0.29) is 11.7 Å². The minimum absolute atomic E-state index is 0.0279. The predicted octanol–water partition coefficient (Wildman–Crippen LogP) is 2.64. The van der Waals surface area contributed by atoms with Gasteiger partial charge in [0.1, 0.15) is 5.82 Å². The molecule has 126 valence electrons. The Morgan fingerprint density at radius 2 is 1.71 bits per heavy atom. The van der Waals surface area contributed by atoms with E-state index < -0.39 is 0 Å². The minimum atomic E-state index is -0.260. The van der Waals surface area contributed by atoms with Crippen molar-refractivity contribution >= 4 is 5.91 Å². The van der Waals surface area contributed by atoms with Crippen molar-refractivity contribution in [3.05, 3.63) is 71.0 Å².